The Morgan fingerprint density at radius 1 is 0.893 bits per heavy atom. The van der Waals surface area contributed by atoms with E-state index in [1.54, 1.807) is 21.9 Å². The zero-order valence-corrected chi connectivity index (χ0v) is 16.1. The Kier molecular flexibility index (Phi) is 4.91. The van der Waals surface area contributed by atoms with Crippen molar-refractivity contribution in [2.24, 2.45) is 0 Å². The highest BCUT2D eigenvalue weighted by molar-refractivity contribution is 7.89. The molecule has 2 aromatic rings. The van der Waals surface area contributed by atoms with Gasteiger partial charge in [0.2, 0.25) is 16.4 Å². The molecule has 2 heterocycles. The summed E-state index contributed by atoms with van der Waals surface area (Å²) in [6, 6.07) is 13.9. The van der Waals surface area contributed by atoms with Gasteiger partial charge in [0.15, 0.2) is 0 Å². The van der Waals surface area contributed by atoms with Gasteiger partial charge in [-0.2, -0.15) is 4.31 Å². The summed E-state index contributed by atoms with van der Waals surface area (Å²) < 4.78 is 27.0. The summed E-state index contributed by atoms with van der Waals surface area (Å²) in [5.41, 5.74) is 2.52. The van der Waals surface area contributed by atoms with Crippen molar-refractivity contribution >= 4 is 28.0 Å². The molecule has 2 aromatic carbocycles. The van der Waals surface area contributed by atoms with Crippen LogP contribution < -0.4 is 4.90 Å². The second-order valence-corrected chi connectivity index (χ2v) is 8.84. The van der Waals surface area contributed by atoms with Crippen LogP contribution in [0.3, 0.4) is 0 Å². The molecule has 0 aromatic heterocycles. The summed E-state index contributed by atoms with van der Waals surface area (Å²) in [7, 11) is -3.64. The summed E-state index contributed by atoms with van der Waals surface area (Å²) in [4.78, 5) is 27.1. The maximum Gasteiger partial charge on any atom is 0.258 e. The van der Waals surface area contributed by atoms with Gasteiger partial charge < -0.3 is 9.80 Å². The monoisotopic (exact) mass is 399 g/mol. The number of hydrogen-bond donors (Lipinski definition) is 0. The van der Waals surface area contributed by atoms with Crippen molar-refractivity contribution in [3.63, 3.8) is 0 Å². The summed E-state index contributed by atoms with van der Waals surface area (Å²) in [6.07, 6.45) is 1.56. The molecule has 2 aliphatic heterocycles. The van der Waals surface area contributed by atoms with Crippen molar-refractivity contribution in [1.29, 1.82) is 0 Å². The van der Waals surface area contributed by atoms with Crippen molar-refractivity contribution in [3.8, 4) is 0 Å². The van der Waals surface area contributed by atoms with E-state index in [0.29, 0.717) is 25.2 Å². The zero-order valence-electron chi connectivity index (χ0n) is 15.3. The van der Waals surface area contributed by atoms with E-state index in [2.05, 4.69) is 0 Å². The minimum Gasteiger partial charge on any atom is -0.343 e. The standard InChI is InChI=1S/C20H21N3O4S/c24-15-21-11-13-22(14-12-21)28(26,27)18-7-5-17(6-8-18)20(25)23-10-9-16-3-1-2-4-19(16)23/h1-8,15H,9-14H2. The van der Waals surface area contributed by atoms with E-state index in [0.717, 1.165) is 24.1 Å². The highest BCUT2D eigenvalue weighted by Gasteiger charge is 2.29. The molecule has 7 nitrogen and oxygen atoms in total. The lowest BCUT2D eigenvalue weighted by atomic mass is 10.1. The Morgan fingerprint density at radius 3 is 2.25 bits per heavy atom. The molecule has 4 rings (SSSR count). The topological polar surface area (TPSA) is 78.0 Å². The van der Waals surface area contributed by atoms with E-state index in [1.165, 1.54) is 16.4 Å². The number of rotatable bonds is 4. The van der Waals surface area contributed by atoms with Crippen LogP contribution in [0.5, 0.6) is 0 Å². The van der Waals surface area contributed by atoms with Gasteiger partial charge in [-0.1, -0.05) is 18.2 Å². The molecule has 2 aliphatic rings. The lowest BCUT2D eigenvalue weighted by molar-refractivity contribution is -0.119. The fourth-order valence-electron chi connectivity index (χ4n) is 3.67. The smallest absolute Gasteiger partial charge is 0.258 e. The molecule has 1 fully saturated rings. The van der Waals surface area contributed by atoms with Crippen LogP contribution in [0.15, 0.2) is 53.4 Å². The minimum absolute atomic E-state index is 0.131. The summed E-state index contributed by atoms with van der Waals surface area (Å²) in [5, 5.41) is 0. The normalized spacial score (nSPS) is 17.4. The van der Waals surface area contributed by atoms with E-state index in [9.17, 15) is 18.0 Å². The third-order valence-corrected chi connectivity index (χ3v) is 7.21. The number of carbonyl (C=O) groups excluding carboxylic acids is 2. The van der Waals surface area contributed by atoms with Crippen molar-refractivity contribution in [2.45, 2.75) is 11.3 Å². The molecule has 0 bridgehead atoms. The lowest BCUT2D eigenvalue weighted by Gasteiger charge is -2.31. The van der Waals surface area contributed by atoms with Gasteiger partial charge in [0.1, 0.15) is 0 Å². The molecule has 0 atom stereocenters. The molecule has 1 saturated heterocycles. The number of piperazine rings is 1. The average Bonchev–Trinajstić information content (AvgIpc) is 3.17. The van der Waals surface area contributed by atoms with E-state index in [4.69, 9.17) is 0 Å². The molecule has 2 amide bonds. The second kappa shape index (κ2) is 7.37. The Hall–Kier alpha value is -2.71. The number of nitrogens with zero attached hydrogens (tertiary/aromatic N) is 3. The number of hydrogen-bond acceptors (Lipinski definition) is 4. The second-order valence-electron chi connectivity index (χ2n) is 6.91. The maximum atomic E-state index is 12.9. The Labute approximate surface area is 164 Å². The number of sulfonamides is 1. The molecular formula is C20H21N3O4S. The first-order chi connectivity index (χ1) is 13.5. The van der Waals surface area contributed by atoms with E-state index in [1.807, 2.05) is 24.3 Å². The van der Waals surface area contributed by atoms with Gasteiger partial charge in [-0.25, -0.2) is 8.42 Å². The molecule has 0 N–H and O–H groups in total. The summed E-state index contributed by atoms with van der Waals surface area (Å²) >= 11 is 0. The molecule has 0 aliphatic carbocycles. The van der Waals surface area contributed by atoms with Crippen molar-refractivity contribution in [1.82, 2.24) is 9.21 Å². The number of para-hydroxylation sites is 1. The fourth-order valence-corrected chi connectivity index (χ4v) is 5.10. The number of amides is 2. The predicted octanol–water partition coefficient (Wildman–Crippen LogP) is 1.35. The quantitative estimate of drug-likeness (QED) is 0.727. The van der Waals surface area contributed by atoms with Crippen molar-refractivity contribution in [3.05, 3.63) is 59.7 Å². The van der Waals surface area contributed by atoms with Gasteiger partial charge in [0.05, 0.1) is 4.90 Å². The van der Waals surface area contributed by atoms with Crippen LogP contribution in [0.4, 0.5) is 5.69 Å². The molecule has 0 unspecified atom stereocenters. The number of carbonyl (C=O) groups is 2. The fraction of sp³-hybridized carbons (Fsp3) is 0.300. The maximum absolute atomic E-state index is 12.9. The number of anilines is 1. The largest absolute Gasteiger partial charge is 0.343 e. The van der Waals surface area contributed by atoms with E-state index >= 15 is 0 Å². The van der Waals surface area contributed by atoms with Gasteiger partial charge in [0, 0.05) is 44.0 Å². The van der Waals surface area contributed by atoms with Gasteiger partial charge in [-0.3, -0.25) is 9.59 Å². The van der Waals surface area contributed by atoms with Gasteiger partial charge in [-0.15, -0.1) is 0 Å². The van der Waals surface area contributed by atoms with E-state index < -0.39 is 10.0 Å². The zero-order chi connectivity index (χ0) is 19.7. The highest BCUT2D eigenvalue weighted by atomic mass is 32.2. The van der Waals surface area contributed by atoms with Crippen molar-refractivity contribution in [2.75, 3.05) is 37.6 Å². The van der Waals surface area contributed by atoms with Crippen LogP contribution in [0.2, 0.25) is 0 Å². The van der Waals surface area contributed by atoms with Crippen LogP contribution in [0.25, 0.3) is 0 Å². The van der Waals surface area contributed by atoms with Crippen LogP contribution in [-0.2, 0) is 21.2 Å². The van der Waals surface area contributed by atoms with Gasteiger partial charge >= 0.3 is 0 Å². The van der Waals surface area contributed by atoms with Gasteiger partial charge in [-0.05, 0) is 42.3 Å². The van der Waals surface area contributed by atoms with Crippen LogP contribution in [-0.4, -0.2) is 62.7 Å². The third-order valence-electron chi connectivity index (χ3n) is 5.29. The third kappa shape index (κ3) is 3.29. The Balaban J connectivity index is 1.51. The minimum atomic E-state index is -3.64. The molecule has 146 valence electrons. The molecule has 0 saturated carbocycles. The van der Waals surface area contributed by atoms with Crippen LogP contribution in [0.1, 0.15) is 15.9 Å². The first-order valence-electron chi connectivity index (χ1n) is 9.20. The Bertz CT molecular complexity index is 996. The molecular weight excluding hydrogens is 378 g/mol. The first-order valence-corrected chi connectivity index (χ1v) is 10.6. The predicted molar refractivity (Wildman–Crippen MR) is 105 cm³/mol. The lowest BCUT2D eigenvalue weighted by Crippen LogP contribution is -2.47. The Morgan fingerprint density at radius 2 is 1.57 bits per heavy atom. The molecule has 0 spiro atoms. The summed E-state index contributed by atoms with van der Waals surface area (Å²) in [5.74, 6) is -0.131. The van der Waals surface area contributed by atoms with Crippen molar-refractivity contribution < 1.29 is 18.0 Å². The molecule has 28 heavy (non-hydrogen) atoms. The number of fused-ring (bicyclic) bond motifs is 1. The van der Waals surface area contributed by atoms with Crippen LogP contribution in [0, 0.1) is 0 Å². The first kappa shape index (κ1) is 18.6. The highest BCUT2D eigenvalue weighted by Crippen LogP contribution is 2.29. The molecule has 0 radical (unpaired) electrons. The SMILES string of the molecule is O=CN1CCN(S(=O)(=O)c2ccc(C(=O)N3CCc4ccccc43)cc2)CC1. The van der Waals surface area contributed by atoms with Gasteiger partial charge in [0.25, 0.3) is 5.91 Å². The number of benzene rings is 2. The van der Waals surface area contributed by atoms with E-state index in [-0.39, 0.29) is 23.9 Å². The van der Waals surface area contributed by atoms with Crippen LogP contribution >= 0.6 is 0 Å². The molecule has 8 heteroatoms. The summed E-state index contributed by atoms with van der Waals surface area (Å²) in [6.45, 7) is 1.93. The average molecular weight is 399 g/mol.